The van der Waals surface area contributed by atoms with Crippen LogP contribution in [0.5, 0.6) is 11.5 Å². The molecule has 5 nitrogen and oxygen atoms in total. The third-order valence-corrected chi connectivity index (χ3v) is 4.82. The highest BCUT2D eigenvalue weighted by Crippen LogP contribution is 2.31. The highest BCUT2D eigenvalue weighted by Gasteiger charge is 2.19. The molecule has 0 N–H and O–H groups in total. The zero-order valence-electron chi connectivity index (χ0n) is 17.1. The summed E-state index contributed by atoms with van der Waals surface area (Å²) < 4.78 is 23.1. The van der Waals surface area contributed by atoms with Crippen molar-refractivity contribution in [1.29, 1.82) is 0 Å². The van der Waals surface area contributed by atoms with Crippen molar-refractivity contribution in [3.05, 3.63) is 82.2 Å². The lowest BCUT2D eigenvalue weighted by Crippen LogP contribution is -2.12. The Bertz CT molecular complexity index is 1170. The van der Waals surface area contributed by atoms with Crippen LogP contribution >= 0.6 is 0 Å². The summed E-state index contributed by atoms with van der Waals surface area (Å²) in [5, 5.41) is 0.503. The molecular weight excluding hydrogens is 380 g/mol. The van der Waals surface area contributed by atoms with Gasteiger partial charge in [0.05, 0.1) is 24.9 Å². The van der Waals surface area contributed by atoms with Gasteiger partial charge in [-0.05, 0) is 63.1 Å². The number of aryl methyl sites for hydroxylation is 2. The van der Waals surface area contributed by atoms with Crippen LogP contribution in [-0.2, 0) is 0 Å². The van der Waals surface area contributed by atoms with Crippen LogP contribution in [0.25, 0.3) is 22.5 Å². The molecule has 4 aromatic rings. The third kappa shape index (κ3) is 4.40. The molecule has 0 spiro atoms. The molecule has 2 aromatic carbocycles. The molecule has 0 radical (unpaired) electrons. The monoisotopic (exact) mass is 404 g/mol. The molecule has 0 aliphatic rings. The maximum absolute atomic E-state index is 13.1. The Morgan fingerprint density at radius 3 is 2.33 bits per heavy atom. The fourth-order valence-corrected chi connectivity index (χ4v) is 3.20. The van der Waals surface area contributed by atoms with Crippen LogP contribution in [0.3, 0.4) is 0 Å². The van der Waals surface area contributed by atoms with Gasteiger partial charge in [-0.3, -0.25) is 4.79 Å². The summed E-state index contributed by atoms with van der Waals surface area (Å²) in [6.45, 7) is 4.95. The Labute approximate surface area is 174 Å². The van der Waals surface area contributed by atoms with E-state index in [-0.39, 0.29) is 11.2 Å². The van der Waals surface area contributed by atoms with Gasteiger partial charge in [-0.25, -0.2) is 0 Å². The lowest BCUT2D eigenvalue weighted by atomic mass is 10.1. The van der Waals surface area contributed by atoms with Gasteiger partial charge in [-0.1, -0.05) is 29.3 Å². The fraction of sp³-hybridized carbons (Fsp3) is 0.240. The molecular formula is C25H24O5. The average molecular weight is 404 g/mol. The van der Waals surface area contributed by atoms with Crippen LogP contribution in [0.15, 0.2) is 74.5 Å². The first-order valence-electron chi connectivity index (χ1n) is 10.1. The maximum atomic E-state index is 13.1. The number of unbranched alkanes of at least 4 members (excludes halogenated alkanes) is 1. The second-order valence-corrected chi connectivity index (χ2v) is 7.28. The Balaban J connectivity index is 1.45. The van der Waals surface area contributed by atoms with Crippen LogP contribution < -0.4 is 14.9 Å². The van der Waals surface area contributed by atoms with Crippen LogP contribution in [0, 0.1) is 13.8 Å². The zero-order chi connectivity index (χ0) is 20.9. The van der Waals surface area contributed by atoms with Gasteiger partial charge in [-0.2, -0.15) is 0 Å². The number of rotatable bonds is 8. The van der Waals surface area contributed by atoms with E-state index in [0.29, 0.717) is 35.7 Å². The van der Waals surface area contributed by atoms with Gasteiger partial charge < -0.3 is 18.3 Å². The van der Waals surface area contributed by atoms with E-state index in [2.05, 4.69) is 0 Å². The third-order valence-electron chi connectivity index (χ3n) is 4.82. The molecule has 4 rings (SSSR count). The lowest BCUT2D eigenvalue weighted by Gasteiger charge is -2.11. The summed E-state index contributed by atoms with van der Waals surface area (Å²) in [5.74, 6) is 1.82. The van der Waals surface area contributed by atoms with Crippen molar-refractivity contribution in [2.75, 3.05) is 13.2 Å². The van der Waals surface area contributed by atoms with Crippen molar-refractivity contribution < 1.29 is 18.3 Å². The molecule has 5 heteroatoms. The Kier molecular flexibility index (Phi) is 5.89. The molecule has 0 fully saturated rings. The summed E-state index contributed by atoms with van der Waals surface area (Å²) >= 11 is 0. The van der Waals surface area contributed by atoms with Gasteiger partial charge in [-0.15, -0.1) is 0 Å². The van der Waals surface area contributed by atoms with Crippen molar-refractivity contribution in [3.8, 4) is 23.0 Å². The summed E-state index contributed by atoms with van der Waals surface area (Å²) in [4.78, 5) is 13.1. The first kappa shape index (κ1) is 19.8. The summed E-state index contributed by atoms with van der Waals surface area (Å²) in [5.41, 5.74) is 2.50. The van der Waals surface area contributed by atoms with E-state index in [1.807, 2.05) is 50.2 Å². The molecule has 0 saturated carbocycles. The maximum Gasteiger partial charge on any atom is 0.235 e. The molecule has 0 atom stereocenters. The number of hydrogen-bond donors (Lipinski definition) is 0. The molecule has 0 aliphatic carbocycles. The van der Waals surface area contributed by atoms with E-state index >= 15 is 0 Å². The molecule has 2 heterocycles. The van der Waals surface area contributed by atoms with Crippen LogP contribution in [0.4, 0.5) is 0 Å². The van der Waals surface area contributed by atoms with E-state index in [9.17, 15) is 4.79 Å². The first-order chi connectivity index (χ1) is 14.6. The molecule has 2 aromatic heterocycles. The predicted octanol–water partition coefficient (Wildman–Crippen LogP) is 5.91. The Hall–Kier alpha value is -3.47. The number of hydrogen-bond acceptors (Lipinski definition) is 5. The smallest absolute Gasteiger partial charge is 0.235 e. The number of furan rings is 1. The van der Waals surface area contributed by atoms with Gasteiger partial charge in [0.15, 0.2) is 5.76 Å². The summed E-state index contributed by atoms with van der Waals surface area (Å²) in [6, 6.07) is 17.0. The SMILES string of the molecule is Cc1ccc(OCCCCOc2c(-c3ccco3)oc3ccc(C)cc3c2=O)cc1. The highest BCUT2D eigenvalue weighted by molar-refractivity contribution is 5.81. The Morgan fingerprint density at radius 2 is 1.60 bits per heavy atom. The quantitative estimate of drug-likeness (QED) is 0.342. The number of benzene rings is 2. The lowest BCUT2D eigenvalue weighted by molar-refractivity contribution is 0.262. The number of fused-ring (bicyclic) bond motifs is 1. The van der Waals surface area contributed by atoms with E-state index in [4.69, 9.17) is 18.3 Å². The first-order valence-corrected chi connectivity index (χ1v) is 10.1. The van der Waals surface area contributed by atoms with Crippen molar-refractivity contribution >= 4 is 11.0 Å². The molecule has 154 valence electrons. The standard InChI is InChI=1S/C25H24O5/c1-17-7-10-19(11-8-17)27-13-3-4-14-29-25-23(26)20-16-18(2)9-12-21(20)30-24(25)22-6-5-15-28-22/h5-12,15-16H,3-4,13-14H2,1-2H3. The van der Waals surface area contributed by atoms with Gasteiger partial charge in [0, 0.05) is 0 Å². The highest BCUT2D eigenvalue weighted by atomic mass is 16.5. The molecule has 30 heavy (non-hydrogen) atoms. The van der Waals surface area contributed by atoms with E-state index in [0.717, 1.165) is 24.2 Å². The molecule has 0 bridgehead atoms. The van der Waals surface area contributed by atoms with Gasteiger partial charge >= 0.3 is 0 Å². The minimum absolute atomic E-state index is 0.183. The van der Waals surface area contributed by atoms with E-state index in [1.54, 1.807) is 24.5 Å². The van der Waals surface area contributed by atoms with Crippen LogP contribution in [0.1, 0.15) is 24.0 Å². The second-order valence-electron chi connectivity index (χ2n) is 7.28. The second kappa shape index (κ2) is 8.91. The molecule has 0 amide bonds. The normalized spacial score (nSPS) is 11.0. The van der Waals surface area contributed by atoms with Gasteiger partial charge in [0.25, 0.3) is 0 Å². The van der Waals surface area contributed by atoms with E-state index < -0.39 is 0 Å². The summed E-state index contributed by atoms with van der Waals surface area (Å²) in [6.07, 6.45) is 3.09. The topological polar surface area (TPSA) is 61.8 Å². The zero-order valence-corrected chi connectivity index (χ0v) is 17.1. The number of ether oxygens (including phenoxy) is 2. The summed E-state index contributed by atoms with van der Waals surface area (Å²) in [7, 11) is 0. The van der Waals surface area contributed by atoms with Gasteiger partial charge in [0.2, 0.25) is 16.9 Å². The molecule has 0 aliphatic heterocycles. The fourth-order valence-electron chi connectivity index (χ4n) is 3.20. The molecule has 0 saturated heterocycles. The minimum Gasteiger partial charge on any atom is -0.494 e. The van der Waals surface area contributed by atoms with Crippen molar-refractivity contribution in [2.24, 2.45) is 0 Å². The van der Waals surface area contributed by atoms with Gasteiger partial charge in [0.1, 0.15) is 11.3 Å². The van der Waals surface area contributed by atoms with Crippen molar-refractivity contribution in [2.45, 2.75) is 26.7 Å². The van der Waals surface area contributed by atoms with Crippen molar-refractivity contribution in [3.63, 3.8) is 0 Å². The Morgan fingerprint density at radius 1 is 0.867 bits per heavy atom. The predicted molar refractivity (Wildman–Crippen MR) is 116 cm³/mol. The molecule has 0 unspecified atom stereocenters. The average Bonchev–Trinajstić information content (AvgIpc) is 3.28. The van der Waals surface area contributed by atoms with Crippen LogP contribution in [-0.4, -0.2) is 13.2 Å². The largest absolute Gasteiger partial charge is 0.494 e. The minimum atomic E-state index is -0.192. The van der Waals surface area contributed by atoms with Crippen LogP contribution in [0.2, 0.25) is 0 Å². The van der Waals surface area contributed by atoms with E-state index in [1.165, 1.54) is 5.56 Å². The van der Waals surface area contributed by atoms with Crippen molar-refractivity contribution in [1.82, 2.24) is 0 Å².